The molecule has 37 heavy (non-hydrogen) atoms. The highest BCUT2D eigenvalue weighted by molar-refractivity contribution is 5.63. The Labute approximate surface area is 210 Å². The van der Waals surface area contributed by atoms with Crippen molar-refractivity contribution < 1.29 is 17.6 Å². The minimum atomic E-state index is -4.71. The van der Waals surface area contributed by atoms with Crippen molar-refractivity contribution >= 4 is 17.5 Å². The summed E-state index contributed by atoms with van der Waals surface area (Å²) in [6.45, 7) is 7.55. The Bertz CT molecular complexity index is 1370. The summed E-state index contributed by atoms with van der Waals surface area (Å²) in [4.78, 5) is 22.7. The first-order valence-electron chi connectivity index (χ1n) is 11.7. The van der Waals surface area contributed by atoms with Crippen LogP contribution < -0.4 is 16.3 Å². The summed E-state index contributed by atoms with van der Waals surface area (Å²) >= 11 is 0. The average Bonchev–Trinajstić information content (AvgIpc) is 3.12. The second-order valence-electron chi connectivity index (χ2n) is 10.0. The first-order valence-corrected chi connectivity index (χ1v) is 11.7. The molecule has 1 aromatic carbocycles. The van der Waals surface area contributed by atoms with Crippen LogP contribution in [0.25, 0.3) is 5.69 Å². The van der Waals surface area contributed by atoms with Gasteiger partial charge in [-0.25, -0.2) is 14.2 Å². The van der Waals surface area contributed by atoms with Gasteiger partial charge in [-0.15, -0.1) is 0 Å². The summed E-state index contributed by atoms with van der Waals surface area (Å²) in [5, 5.41) is 13.1. The van der Waals surface area contributed by atoms with Crippen LogP contribution >= 0.6 is 0 Å². The Kier molecular flexibility index (Phi) is 6.73. The minimum absolute atomic E-state index is 0.0522. The van der Waals surface area contributed by atoms with E-state index in [9.17, 15) is 22.4 Å². The number of alkyl halides is 3. The molecule has 0 aliphatic carbocycles. The SMILES string of the molecule is Cc1c(-n2nnn(C)c2=O)cc(Nc2ncc(F)c(NC3CC(C)N(C)C(C)(C)C3)n2)cc1C(F)(F)F. The smallest absolute Gasteiger partial charge is 0.365 e. The lowest BCUT2D eigenvalue weighted by molar-refractivity contribution is -0.138. The molecule has 1 fully saturated rings. The number of tetrazole rings is 1. The van der Waals surface area contributed by atoms with Crippen molar-refractivity contribution in [1.82, 2.24) is 34.7 Å². The largest absolute Gasteiger partial charge is 0.416 e. The van der Waals surface area contributed by atoms with Crippen LogP contribution in [0.15, 0.2) is 23.1 Å². The van der Waals surface area contributed by atoms with Crippen LogP contribution in [0.3, 0.4) is 0 Å². The summed E-state index contributed by atoms with van der Waals surface area (Å²) in [5.41, 5.74) is -2.19. The van der Waals surface area contributed by atoms with E-state index in [1.54, 1.807) is 0 Å². The van der Waals surface area contributed by atoms with Gasteiger partial charge in [0, 0.05) is 30.4 Å². The molecular formula is C23H29F4N9O. The van der Waals surface area contributed by atoms with Gasteiger partial charge < -0.3 is 10.6 Å². The number of benzene rings is 1. The van der Waals surface area contributed by atoms with Crippen LogP contribution in [-0.4, -0.2) is 59.3 Å². The van der Waals surface area contributed by atoms with E-state index in [0.29, 0.717) is 0 Å². The second-order valence-corrected chi connectivity index (χ2v) is 10.0. The van der Waals surface area contributed by atoms with Gasteiger partial charge in [0.1, 0.15) is 0 Å². The number of rotatable bonds is 5. The molecule has 2 N–H and O–H groups in total. The van der Waals surface area contributed by atoms with Crippen LogP contribution in [0.5, 0.6) is 0 Å². The van der Waals surface area contributed by atoms with E-state index in [0.717, 1.165) is 34.5 Å². The molecule has 0 spiro atoms. The molecule has 3 heterocycles. The van der Waals surface area contributed by atoms with Gasteiger partial charge in [-0.2, -0.15) is 27.5 Å². The molecule has 1 aliphatic rings. The van der Waals surface area contributed by atoms with Crippen molar-refractivity contribution in [2.24, 2.45) is 7.05 Å². The van der Waals surface area contributed by atoms with Crippen molar-refractivity contribution in [3.8, 4) is 5.69 Å². The number of nitrogens with zero attached hydrogens (tertiary/aromatic N) is 7. The van der Waals surface area contributed by atoms with Crippen molar-refractivity contribution in [3.05, 3.63) is 45.8 Å². The summed E-state index contributed by atoms with van der Waals surface area (Å²) < 4.78 is 57.7. The van der Waals surface area contributed by atoms with Crippen LogP contribution in [0.4, 0.5) is 35.0 Å². The Morgan fingerprint density at radius 2 is 1.86 bits per heavy atom. The van der Waals surface area contributed by atoms with Crippen molar-refractivity contribution in [3.63, 3.8) is 0 Å². The van der Waals surface area contributed by atoms with Crippen LogP contribution in [0.2, 0.25) is 0 Å². The van der Waals surface area contributed by atoms with Gasteiger partial charge >= 0.3 is 11.9 Å². The highest BCUT2D eigenvalue weighted by Crippen LogP contribution is 2.37. The van der Waals surface area contributed by atoms with Crippen LogP contribution in [0, 0.1) is 12.7 Å². The zero-order valence-corrected chi connectivity index (χ0v) is 21.4. The van der Waals surface area contributed by atoms with Gasteiger partial charge in [-0.05, 0) is 75.7 Å². The molecule has 0 saturated carbocycles. The third kappa shape index (κ3) is 5.29. The van der Waals surface area contributed by atoms with E-state index in [1.165, 1.54) is 20.0 Å². The third-order valence-electron chi connectivity index (χ3n) is 6.96. The second kappa shape index (κ2) is 9.39. The zero-order valence-electron chi connectivity index (χ0n) is 21.4. The number of aryl methyl sites for hydroxylation is 1. The minimum Gasteiger partial charge on any atom is -0.365 e. The van der Waals surface area contributed by atoms with Gasteiger partial charge in [0.25, 0.3) is 0 Å². The fraction of sp³-hybridized carbons (Fsp3) is 0.522. The lowest BCUT2D eigenvalue weighted by Gasteiger charge is -2.48. The van der Waals surface area contributed by atoms with Gasteiger partial charge in [0.05, 0.1) is 17.4 Å². The summed E-state index contributed by atoms with van der Waals surface area (Å²) in [6.07, 6.45) is -2.26. The molecule has 4 rings (SSSR count). The van der Waals surface area contributed by atoms with Crippen LogP contribution in [-0.2, 0) is 13.2 Å². The van der Waals surface area contributed by atoms with Crippen molar-refractivity contribution in [1.29, 1.82) is 0 Å². The number of hydrogen-bond acceptors (Lipinski definition) is 8. The fourth-order valence-corrected chi connectivity index (χ4v) is 4.71. The highest BCUT2D eigenvalue weighted by atomic mass is 19.4. The van der Waals surface area contributed by atoms with Crippen molar-refractivity contribution in [2.75, 3.05) is 17.7 Å². The lowest BCUT2D eigenvalue weighted by atomic mass is 9.84. The number of likely N-dealkylation sites (tertiary alicyclic amines) is 1. The fourth-order valence-electron chi connectivity index (χ4n) is 4.71. The molecule has 0 radical (unpaired) electrons. The summed E-state index contributed by atoms with van der Waals surface area (Å²) in [5.74, 6) is -0.844. The van der Waals surface area contributed by atoms with Gasteiger partial charge in [-0.1, -0.05) is 0 Å². The molecule has 1 aliphatic heterocycles. The van der Waals surface area contributed by atoms with E-state index in [2.05, 4.69) is 56.7 Å². The third-order valence-corrected chi connectivity index (χ3v) is 6.96. The number of piperidine rings is 1. The van der Waals surface area contributed by atoms with E-state index < -0.39 is 23.2 Å². The number of anilines is 3. The molecular weight excluding hydrogens is 494 g/mol. The Hall–Kier alpha value is -3.55. The maximum atomic E-state index is 14.6. The van der Waals surface area contributed by atoms with Gasteiger partial charge in [0.15, 0.2) is 11.6 Å². The average molecular weight is 524 g/mol. The van der Waals surface area contributed by atoms with E-state index >= 15 is 0 Å². The quantitative estimate of drug-likeness (QED) is 0.489. The Morgan fingerprint density at radius 3 is 2.46 bits per heavy atom. The number of aromatic nitrogens is 6. The molecule has 0 amide bonds. The molecule has 2 unspecified atom stereocenters. The molecule has 0 bridgehead atoms. The Morgan fingerprint density at radius 1 is 1.16 bits per heavy atom. The maximum absolute atomic E-state index is 14.6. The molecule has 2 atom stereocenters. The molecule has 1 saturated heterocycles. The van der Waals surface area contributed by atoms with E-state index in [-0.39, 0.29) is 46.3 Å². The van der Waals surface area contributed by atoms with Gasteiger partial charge in [0.2, 0.25) is 5.95 Å². The molecule has 3 aromatic rings. The summed E-state index contributed by atoms with van der Waals surface area (Å²) in [7, 11) is 3.38. The number of hydrogen-bond donors (Lipinski definition) is 2. The molecule has 200 valence electrons. The first kappa shape index (κ1) is 26.5. The topological polar surface area (TPSA) is 106 Å². The predicted molar refractivity (Wildman–Crippen MR) is 130 cm³/mol. The maximum Gasteiger partial charge on any atom is 0.416 e. The lowest BCUT2D eigenvalue weighted by Crippen LogP contribution is -2.55. The molecule has 2 aromatic heterocycles. The standard InChI is InChI=1S/C23H29F4N9O/c1-12-7-15(10-22(3,4)34(12)5)29-19-17(24)11-28-20(31-19)30-14-8-16(23(25,26)27)13(2)18(9-14)36-21(37)35(6)32-33-36/h8-9,11-12,15H,7,10H2,1-6H3,(H2,28,29,30,31). The van der Waals surface area contributed by atoms with Crippen molar-refractivity contribution in [2.45, 2.75) is 64.3 Å². The predicted octanol–water partition coefficient (Wildman–Crippen LogP) is 3.64. The van der Waals surface area contributed by atoms with E-state index in [1.807, 2.05) is 7.05 Å². The summed E-state index contributed by atoms with van der Waals surface area (Å²) in [6, 6.07) is 2.37. The first-order chi connectivity index (χ1) is 17.2. The number of nitrogens with one attached hydrogen (secondary N) is 2. The molecule has 14 heteroatoms. The van der Waals surface area contributed by atoms with E-state index in [4.69, 9.17) is 0 Å². The van der Waals surface area contributed by atoms with Crippen LogP contribution in [0.1, 0.15) is 44.7 Å². The van der Waals surface area contributed by atoms with Gasteiger partial charge in [-0.3, -0.25) is 4.90 Å². The normalized spacial score (nSPS) is 20.2. The highest BCUT2D eigenvalue weighted by Gasteiger charge is 2.37. The molecule has 10 nitrogen and oxygen atoms in total. The number of halogens is 4. The zero-order chi connectivity index (χ0) is 27.3. The Balaban J connectivity index is 1.67. The monoisotopic (exact) mass is 523 g/mol.